The van der Waals surface area contributed by atoms with Gasteiger partial charge in [-0.25, -0.2) is 0 Å². The minimum Gasteiger partial charge on any atom is -0.490 e. The largest absolute Gasteiger partial charge is 0.490 e. The summed E-state index contributed by atoms with van der Waals surface area (Å²) < 4.78 is 11.9. The Kier molecular flexibility index (Phi) is 4.05. The van der Waals surface area contributed by atoms with Crippen molar-refractivity contribution < 1.29 is 14.6 Å². The Morgan fingerprint density at radius 1 is 1.23 bits per heavy atom. The van der Waals surface area contributed by atoms with Crippen molar-refractivity contribution >= 4 is 0 Å². The Morgan fingerprint density at radius 3 is 2.73 bits per heavy atom. The lowest BCUT2D eigenvalue weighted by Gasteiger charge is -2.40. The first-order chi connectivity index (χ1) is 10.6. The summed E-state index contributed by atoms with van der Waals surface area (Å²) >= 11 is 0. The van der Waals surface area contributed by atoms with Crippen molar-refractivity contribution in [2.75, 3.05) is 20.2 Å². The third-order valence-electron chi connectivity index (χ3n) is 3.99. The quantitative estimate of drug-likeness (QED) is 0.910. The first kappa shape index (κ1) is 14.9. The van der Waals surface area contributed by atoms with Gasteiger partial charge in [-0.15, -0.1) is 0 Å². The Balaban J connectivity index is 2.01. The van der Waals surface area contributed by atoms with Crippen LogP contribution in [0.4, 0.5) is 0 Å². The van der Waals surface area contributed by atoms with Gasteiger partial charge in [0.05, 0.1) is 0 Å². The number of hydrogen-bond acceptors (Lipinski definition) is 4. The maximum absolute atomic E-state index is 11.0. The maximum atomic E-state index is 11.0. The van der Waals surface area contributed by atoms with Gasteiger partial charge in [0, 0.05) is 12.1 Å². The van der Waals surface area contributed by atoms with E-state index < -0.39 is 11.7 Å². The average Bonchev–Trinajstić information content (AvgIpc) is 2.52. The zero-order valence-electron chi connectivity index (χ0n) is 12.9. The fourth-order valence-electron chi connectivity index (χ4n) is 2.84. The van der Waals surface area contributed by atoms with E-state index in [-0.39, 0.29) is 6.61 Å². The summed E-state index contributed by atoms with van der Waals surface area (Å²) in [5.74, 6) is 1.54. The topological polar surface area (TPSA) is 50.7 Å². The normalized spacial score (nSPS) is 23.5. The molecule has 0 fully saturated rings. The monoisotopic (exact) mass is 299 g/mol. The van der Waals surface area contributed by atoms with Crippen LogP contribution in [0.25, 0.3) is 0 Å². The lowest BCUT2D eigenvalue weighted by Crippen LogP contribution is -2.53. The Bertz CT molecular complexity index is 658. The molecule has 0 radical (unpaired) electrons. The van der Waals surface area contributed by atoms with E-state index in [0.717, 1.165) is 22.6 Å². The van der Waals surface area contributed by atoms with Crippen LogP contribution in [0, 0.1) is 6.92 Å². The second kappa shape index (κ2) is 5.99. The van der Waals surface area contributed by atoms with Gasteiger partial charge in [-0.1, -0.05) is 36.4 Å². The van der Waals surface area contributed by atoms with E-state index in [1.165, 1.54) is 0 Å². The molecule has 4 heteroatoms. The highest BCUT2D eigenvalue weighted by molar-refractivity contribution is 5.41. The van der Waals surface area contributed by atoms with E-state index in [0.29, 0.717) is 6.54 Å². The van der Waals surface area contributed by atoms with Crippen LogP contribution in [0.5, 0.6) is 11.5 Å². The fourth-order valence-corrected chi connectivity index (χ4v) is 2.84. The molecule has 0 amide bonds. The molecule has 0 saturated carbocycles. The van der Waals surface area contributed by atoms with E-state index in [2.05, 4.69) is 5.32 Å². The Labute approximate surface area is 130 Å². The third-order valence-corrected chi connectivity index (χ3v) is 3.99. The highest BCUT2D eigenvalue weighted by atomic mass is 16.5. The van der Waals surface area contributed by atoms with Crippen LogP contribution in [0.15, 0.2) is 48.5 Å². The molecule has 0 aliphatic carbocycles. The molecule has 22 heavy (non-hydrogen) atoms. The number of para-hydroxylation sites is 2. The maximum Gasteiger partial charge on any atom is 0.160 e. The van der Waals surface area contributed by atoms with Crippen molar-refractivity contribution in [1.82, 2.24) is 5.32 Å². The van der Waals surface area contributed by atoms with Crippen LogP contribution in [0.1, 0.15) is 17.2 Å². The first-order valence-electron chi connectivity index (χ1n) is 7.45. The number of fused-ring (bicyclic) bond motifs is 1. The minimum atomic E-state index is -1.12. The summed E-state index contributed by atoms with van der Waals surface area (Å²) in [5, 5.41) is 14.0. The highest BCUT2D eigenvalue weighted by Gasteiger charge is 2.45. The number of aliphatic hydroxyl groups is 1. The molecular formula is C18H21NO3. The number of hydrogen-bond donors (Lipinski definition) is 2. The van der Waals surface area contributed by atoms with Crippen molar-refractivity contribution in [3.05, 3.63) is 59.7 Å². The molecule has 2 atom stereocenters. The Hall–Kier alpha value is -2.04. The molecule has 0 spiro atoms. The molecule has 2 aromatic carbocycles. The van der Waals surface area contributed by atoms with Crippen LogP contribution in [-0.4, -0.2) is 30.9 Å². The van der Waals surface area contributed by atoms with Gasteiger partial charge >= 0.3 is 0 Å². The van der Waals surface area contributed by atoms with E-state index in [4.69, 9.17) is 9.47 Å². The molecule has 1 aliphatic rings. The summed E-state index contributed by atoms with van der Waals surface area (Å²) in [5.41, 5.74) is 0.791. The fraction of sp³-hybridized carbons (Fsp3) is 0.333. The van der Waals surface area contributed by atoms with Crippen LogP contribution < -0.4 is 14.8 Å². The smallest absolute Gasteiger partial charge is 0.160 e. The minimum absolute atomic E-state index is 0.196. The SMILES string of the molecule is CNCC1(O)COc2ccccc2C1Oc1ccccc1C. The predicted octanol–water partition coefficient (Wildman–Crippen LogP) is 2.46. The molecule has 4 nitrogen and oxygen atoms in total. The number of nitrogens with one attached hydrogen (secondary N) is 1. The van der Waals surface area contributed by atoms with Crippen LogP contribution in [-0.2, 0) is 0 Å². The Morgan fingerprint density at radius 2 is 1.95 bits per heavy atom. The van der Waals surface area contributed by atoms with Crippen molar-refractivity contribution in [2.24, 2.45) is 0 Å². The zero-order chi connectivity index (χ0) is 15.6. The molecule has 2 N–H and O–H groups in total. The molecule has 0 bridgehead atoms. The number of rotatable bonds is 4. The number of ether oxygens (including phenoxy) is 2. The molecule has 1 heterocycles. The van der Waals surface area contributed by atoms with Crippen molar-refractivity contribution in [2.45, 2.75) is 18.6 Å². The van der Waals surface area contributed by atoms with Crippen LogP contribution in [0.2, 0.25) is 0 Å². The summed E-state index contributed by atoms with van der Waals surface area (Å²) in [6, 6.07) is 15.5. The predicted molar refractivity (Wildman–Crippen MR) is 85.4 cm³/mol. The molecule has 116 valence electrons. The standard InChI is InChI=1S/C18H21NO3/c1-13-7-3-5-9-15(13)22-17-14-8-4-6-10-16(14)21-12-18(17,20)11-19-2/h3-10,17,19-20H,11-12H2,1-2H3. The third kappa shape index (κ3) is 2.67. The molecule has 1 aliphatic heterocycles. The summed E-state index contributed by atoms with van der Waals surface area (Å²) in [6.45, 7) is 2.58. The van der Waals surface area contributed by atoms with Gasteiger partial charge in [-0.2, -0.15) is 0 Å². The second-order valence-electron chi connectivity index (χ2n) is 5.72. The van der Waals surface area contributed by atoms with Gasteiger partial charge in [0.15, 0.2) is 11.7 Å². The lowest BCUT2D eigenvalue weighted by molar-refractivity contribution is -0.101. The van der Waals surface area contributed by atoms with Gasteiger partial charge < -0.3 is 19.9 Å². The number of aryl methyl sites for hydroxylation is 1. The summed E-state index contributed by atoms with van der Waals surface area (Å²) in [7, 11) is 1.81. The lowest BCUT2D eigenvalue weighted by atomic mass is 9.88. The van der Waals surface area contributed by atoms with E-state index >= 15 is 0 Å². The van der Waals surface area contributed by atoms with Crippen molar-refractivity contribution in [1.29, 1.82) is 0 Å². The van der Waals surface area contributed by atoms with Gasteiger partial charge in [0.25, 0.3) is 0 Å². The molecular weight excluding hydrogens is 278 g/mol. The highest BCUT2D eigenvalue weighted by Crippen LogP contribution is 2.41. The molecule has 0 aromatic heterocycles. The van der Waals surface area contributed by atoms with E-state index in [1.54, 1.807) is 0 Å². The molecule has 2 unspecified atom stereocenters. The summed E-state index contributed by atoms with van der Waals surface area (Å²) in [4.78, 5) is 0. The van der Waals surface area contributed by atoms with Crippen molar-refractivity contribution in [3.63, 3.8) is 0 Å². The first-order valence-corrected chi connectivity index (χ1v) is 7.45. The van der Waals surface area contributed by atoms with E-state index in [1.807, 2.05) is 62.5 Å². The molecule has 3 rings (SSSR count). The van der Waals surface area contributed by atoms with Crippen LogP contribution >= 0.6 is 0 Å². The second-order valence-corrected chi connectivity index (χ2v) is 5.72. The number of likely N-dealkylation sites (N-methyl/N-ethyl adjacent to an activating group) is 1. The van der Waals surface area contributed by atoms with Gasteiger partial charge in [-0.3, -0.25) is 0 Å². The summed E-state index contributed by atoms with van der Waals surface area (Å²) in [6.07, 6.45) is -0.481. The van der Waals surface area contributed by atoms with Gasteiger partial charge in [-0.05, 0) is 31.7 Å². The zero-order valence-corrected chi connectivity index (χ0v) is 12.9. The van der Waals surface area contributed by atoms with Crippen LogP contribution in [0.3, 0.4) is 0 Å². The van der Waals surface area contributed by atoms with E-state index in [9.17, 15) is 5.11 Å². The average molecular weight is 299 g/mol. The van der Waals surface area contributed by atoms with Gasteiger partial charge in [0.1, 0.15) is 18.1 Å². The van der Waals surface area contributed by atoms with Crippen molar-refractivity contribution in [3.8, 4) is 11.5 Å². The van der Waals surface area contributed by atoms with Gasteiger partial charge in [0.2, 0.25) is 0 Å². The molecule has 2 aromatic rings. The number of benzene rings is 2. The molecule has 0 saturated heterocycles.